The van der Waals surface area contributed by atoms with Crippen LogP contribution in [0.5, 0.6) is 0 Å². The Labute approximate surface area is 96.9 Å². The zero-order valence-corrected chi connectivity index (χ0v) is 9.50. The molecule has 2 heterocycles. The number of nitrogens with zero attached hydrogens (tertiary/aromatic N) is 2. The molecule has 2 N–H and O–H groups in total. The van der Waals surface area contributed by atoms with E-state index in [2.05, 4.69) is 15.2 Å². The van der Waals surface area contributed by atoms with Crippen LogP contribution in [0.15, 0.2) is 6.20 Å². The van der Waals surface area contributed by atoms with Crippen molar-refractivity contribution in [2.45, 2.75) is 6.54 Å². The van der Waals surface area contributed by atoms with Gasteiger partial charge in [0.05, 0.1) is 19.8 Å². The molecule has 1 fully saturated rings. The Hall–Kier alpha value is -1.34. The first kappa shape index (κ1) is 11.2. The fourth-order valence-corrected chi connectivity index (χ4v) is 2.34. The summed E-state index contributed by atoms with van der Waals surface area (Å²) in [5, 5.41) is 11.7. The number of carbonyl (C=O) groups is 1. The van der Waals surface area contributed by atoms with Crippen molar-refractivity contribution in [1.29, 1.82) is 0 Å². The number of rotatable bonds is 3. The molecule has 1 amide bonds. The van der Waals surface area contributed by atoms with Gasteiger partial charge in [-0.3, -0.25) is 0 Å². The lowest BCUT2D eigenvalue weighted by molar-refractivity contribution is 0.122. The first-order valence-corrected chi connectivity index (χ1v) is 5.81. The van der Waals surface area contributed by atoms with Crippen molar-refractivity contribution >= 4 is 22.6 Å². The van der Waals surface area contributed by atoms with Crippen LogP contribution in [0.1, 0.15) is 4.88 Å². The molecule has 7 heteroatoms. The number of carboxylic acid groups (broad SMARTS) is 1. The molecule has 0 bridgehead atoms. The maximum absolute atomic E-state index is 10.3. The molecule has 0 spiro atoms. The van der Waals surface area contributed by atoms with Crippen LogP contribution in [-0.4, -0.2) is 42.5 Å². The number of ether oxygens (including phenoxy) is 1. The average Bonchev–Trinajstić information content (AvgIpc) is 2.76. The van der Waals surface area contributed by atoms with Crippen molar-refractivity contribution in [2.24, 2.45) is 0 Å². The molecular formula is C9H13N3O3S. The van der Waals surface area contributed by atoms with Gasteiger partial charge in [0.1, 0.15) is 0 Å². The molecule has 0 aliphatic carbocycles. The summed E-state index contributed by atoms with van der Waals surface area (Å²) in [4.78, 5) is 17.7. The molecule has 0 aromatic carbocycles. The van der Waals surface area contributed by atoms with Crippen molar-refractivity contribution in [3.05, 3.63) is 11.1 Å². The predicted octanol–water partition coefficient (Wildman–Crippen LogP) is 0.747. The van der Waals surface area contributed by atoms with E-state index < -0.39 is 6.09 Å². The first-order valence-electron chi connectivity index (χ1n) is 5.00. The number of hydrogen-bond donors (Lipinski definition) is 2. The van der Waals surface area contributed by atoms with Crippen molar-refractivity contribution in [1.82, 2.24) is 10.3 Å². The number of aromatic nitrogens is 1. The highest BCUT2D eigenvalue weighted by Crippen LogP contribution is 2.22. The van der Waals surface area contributed by atoms with Crippen molar-refractivity contribution in [2.75, 3.05) is 31.2 Å². The normalized spacial score (nSPS) is 16.1. The van der Waals surface area contributed by atoms with Gasteiger partial charge in [0.25, 0.3) is 0 Å². The number of amides is 1. The van der Waals surface area contributed by atoms with Gasteiger partial charge in [-0.15, -0.1) is 11.3 Å². The molecule has 0 radical (unpaired) electrons. The van der Waals surface area contributed by atoms with Crippen LogP contribution in [0, 0.1) is 0 Å². The van der Waals surface area contributed by atoms with Crippen LogP contribution < -0.4 is 10.2 Å². The van der Waals surface area contributed by atoms with Crippen LogP contribution in [0.2, 0.25) is 0 Å². The van der Waals surface area contributed by atoms with Gasteiger partial charge in [-0.2, -0.15) is 0 Å². The third-order valence-corrected chi connectivity index (χ3v) is 3.29. The number of thiazole rings is 1. The van der Waals surface area contributed by atoms with Gasteiger partial charge >= 0.3 is 6.09 Å². The van der Waals surface area contributed by atoms with Crippen LogP contribution in [0.25, 0.3) is 0 Å². The second-order valence-corrected chi connectivity index (χ2v) is 4.46. The summed E-state index contributed by atoms with van der Waals surface area (Å²) < 4.78 is 5.25. The number of morpholine rings is 1. The lowest BCUT2D eigenvalue weighted by Crippen LogP contribution is -2.36. The minimum Gasteiger partial charge on any atom is -0.465 e. The maximum Gasteiger partial charge on any atom is 0.404 e. The summed E-state index contributed by atoms with van der Waals surface area (Å²) in [5.41, 5.74) is 0. The molecule has 16 heavy (non-hydrogen) atoms. The third-order valence-electron chi connectivity index (χ3n) is 2.24. The van der Waals surface area contributed by atoms with E-state index in [-0.39, 0.29) is 0 Å². The number of anilines is 1. The van der Waals surface area contributed by atoms with Crippen molar-refractivity contribution in [3.8, 4) is 0 Å². The highest BCUT2D eigenvalue weighted by molar-refractivity contribution is 7.15. The fraction of sp³-hybridized carbons (Fsp3) is 0.556. The topological polar surface area (TPSA) is 74.7 Å². The molecule has 2 rings (SSSR count). The molecule has 1 aliphatic rings. The second-order valence-electron chi connectivity index (χ2n) is 3.37. The zero-order chi connectivity index (χ0) is 11.4. The Morgan fingerprint density at radius 1 is 1.62 bits per heavy atom. The van der Waals surface area contributed by atoms with E-state index in [1.165, 1.54) is 11.3 Å². The van der Waals surface area contributed by atoms with Crippen molar-refractivity contribution < 1.29 is 14.6 Å². The molecule has 1 aliphatic heterocycles. The second kappa shape index (κ2) is 5.13. The number of hydrogen-bond acceptors (Lipinski definition) is 5. The third kappa shape index (κ3) is 2.83. The quantitative estimate of drug-likeness (QED) is 0.819. The molecule has 0 unspecified atom stereocenters. The van der Waals surface area contributed by atoms with Gasteiger partial charge in [0, 0.05) is 24.2 Å². The smallest absolute Gasteiger partial charge is 0.404 e. The Bertz CT molecular complexity index is 363. The van der Waals surface area contributed by atoms with Gasteiger partial charge < -0.3 is 20.1 Å². The SMILES string of the molecule is O=C(O)NCc1cnc(N2CCOCC2)s1. The highest BCUT2D eigenvalue weighted by Gasteiger charge is 2.14. The van der Waals surface area contributed by atoms with Gasteiger partial charge in [-0.05, 0) is 0 Å². The van der Waals surface area contributed by atoms with E-state index in [0.717, 1.165) is 36.3 Å². The van der Waals surface area contributed by atoms with Gasteiger partial charge in [0.2, 0.25) is 0 Å². The molecule has 0 atom stereocenters. The first-order chi connectivity index (χ1) is 7.75. The fourth-order valence-electron chi connectivity index (χ4n) is 1.44. The summed E-state index contributed by atoms with van der Waals surface area (Å²) in [7, 11) is 0. The lowest BCUT2D eigenvalue weighted by Gasteiger charge is -2.25. The summed E-state index contributed by atoms with van der Waals surface area (Å²) in [6.07, 6.45) is 0.701. The molecule has 6 nitrogen and oxygen atoms in total. The Morgan fingerprint density at radius 2 is 2.38 bits per heavy atom. The molecule has 1 aromatic rings. The lowest BCUT2D eigenvalue weighted by atomic mass is 10.5. The summed E-state index contributed by atoms with van der Waals surface area (Å²) >= 11 is 1.51. The van der Waals surface area contributed by atoms with Crippen LogP contribution in [0.3, 0.4) is 0 Å². The average molecular weight is 243 g/mol. The van der Waals surface area contributed by atoms with E-state index in [1.54, 1.807) is 6.20 Å². The molecule has 1 saturated heterocycles. The zero-order valence-electron chi connectivity index (χ0n) is 8.68. The monoisotopic (exact) mass is 243 g/mol. The summed E-state index contributed by atoms with van der Waals surface area (Å²) in [5.74, 6) is 0. The van der Waals surface area contributed by atoms with Gasteiger partial charge in [-0.25, -0.2) is 9.78 Å². The Balaban J connectivity index is 1.93. The molecule has 0 saturated carbocycles. The van der Waals surface area contributed by atoms with E-state index in [9.17, 15) is 4.79 Å². The van der Waals surface area contributed by atoms with Crippen LogP contribution >= 0.6 is 11.3 Å². The van der Waals surface area contributed by atoms with Crippen LogP contribution in [0.4, 0.5) is 9.93 Å². The minimum atomic E-state index is -1.01. The van der Waals surface area contributed by atoms with Gasteiger partial charge in [-0.1, -0.05) is 0 Å². The largest absolute Gasteiger partial charge is 0.465 e. The molecule has 1 aromatic heterocycles. The van der Waals surface area contributed by atoms with Crippen molar-refractivity contribution in [3.63, 3.8) is 0 Å². The van der Waals surface area contributed by atoms with Gasteiger partial charge in [0.15, 0.2) is 5.13 Å². The molecule has 88 valence electrons. The van der Waals surface area contributed by atoms with E-state index in [4.69, 9.17) is 9.84 Å². The highest BCUT2D eigenvalue weighted by atomic mass is 32.1. The standard InChI is InChI=1S/C9H13N3O3S/c13-9(14)11-6-7-5-10-8(16-7)12-1-3-15-4-2-12/h5,11H,1-4,6H2,(H,13,14). The molecular weight excluding hydrogens is 230 g/mol. The predicted molar refractivity (Wildman–Crippen MR) is 60.0 cm³/mol. The van der Waals surface area contributed by atoms with E-state index in [0.29, 0.717) is 6.54 Å². The Kier molecular flexibility index (Phi) is 3.58. The maximum atomic E-state index is 10.3. The van der Waals surface area contributed by atoms with Crippen LogP contribution in [-0.2, 0) is 11.3 Å². The summed E-state index contributed by atoms with van der Waals surface area (Å²) in [6, 6.07) is 0. The van der Waals surface area contributed by atoms with E-state index >= 15 is 0 Å². The Morgan fingerprint density at radius 3 is 3.06 bits per heavy atom. The van der Waals surface area contributed by atoms with E-state index in [1.807, 2.05) is 0 Å². The summed E-state index contributed by atoms with van der Waals surface area (Å²) in [6.45, 7) is 3.46. The minimum absolute atomic E-state index is 0.317. The number of nitrogens with one attached hydrogen (secondary N) is 1.